The molecule has 2 rings (SSSR count). The Balaban J connectivity index is 1.95. The van der Waals surface area contributed by atoms with Gasteiger partial charge in [0.15, 0.2) is 5.79 Å². The number of rotatable bonds is 14. The molecule has 2 fully saturated rings. The van der Waals surface area contributed by atoms with Crippen LogP contribution in [0.25, 0.3) is 0 Å². The van der Waals surface area contributed by atoms with Crippen LogP contribution >= 0.6 is 9.47 Å². The summed E-state index contributed by atoms with van der Waals surface area (Å²) in [5.41, 5.74) is 0. The van der Waals surface area contributed by atoms with Crippen molar-refractivity contribution in [1.82, 2.24) is 0 Å². The first-order valence-corrected chi connectivity index (χ1v) is 12.1. The number of aliphatic hydroxyl groups is 1. The highest BCUT2D eigenvalue weighted by Gasteiger charge is 2.46. The predicted octanol–water partition coefficient (Wildman–Crippen LogP) is 4.71. The van der Waals surface area contributed by atoms with Gasteiger partial charge in [0, 0.05) is 34.6 Å². The number of hydrogen-bond donors (Lipinski definition) is 2. The number of hydrogen-bond acceptors (Lipinski definition) is 5. The number of aliphatic carboxylic acids is 1. The molecule has 6 unspecified atom stereocenters. The van der Waals surface area contributed by atoms with Crippen LogP contribution in [-0.4, -0.2) is 47.4 Å². The van der Waals surface area contributed by atoms with Crippen LogP contribution in [0.4, 0.5) is 0 Å². The Labute approximate surface area is 184 Å². The topological polar surface area (TPSA) is 85.2 Å². The van der Waals surface area contributed by atoms with Crippen molar-refractivity contribution in [2.24, 2.45) is 17.8 Å². The Kier molecular flexibility index (Phi) is 11.3. The average Bonchev–Trinajstić information content (AvgIpc) is 3.32. The minimum atomic E-state index is -0.756. The highest BCUT2D eigenvalue weighted by atomic mass is 31.0. The molecule has 2 N–H and O–H groups in total. The Bertz CT molecular complexity index is 534. The van der Waals surface area contributed by atoms with Gasteiger partial charge < -0.3 is 24.2 Å². The molecule has 0 spiro atoms. The van der Waals surface area contributed by atoms with E-state index < -0.39 is 11.8 Å². The maximum Gasteiger partial charge on any atom is 0.303 e. The van der Waals surface area contributed by atoms with E-state index in [9.17, 15) is 9.90 Å². The van der Waals surface area contributed by atoms with E-state index in [0.29, 0.717) is 32.0 Å². The van der Waals surface area contributed by atoms with Gasteiger partial charge >= 0.3 is 5.97 Å². The first-order valence-electron chi connectivity index (χ1n) is 11.6. The van der Waals surface area contributed by atoms with Gasteiger partial charge in [-0.15, -0.1) is 0 Å². The molecule has 0 amide bonds. The van der Waals surface area contributed by atoms with Crippen molar-refractivity contribution in [3.63, 3.8) is 0 Å². The maximum atomic E-state index is 10.7. The highest BCUT2D eigenvalue weighted by Crippen LogP contribution is 2.44. The monoisotopic (exact) mass is 444 g/mol. The smallest absolute Gasteiger partial charge is 0.303 e. The summed E-state index contributed by atoms with van der Waals surface area (Å²) in [4.78, 5) is 10.6. The fourth-order valence-electron chi connectivity index (χ4n) is 5.02. The van der Waals surface area contributed by atoms with Crippen molar-refractivity contribution < 1.29 is 29.0 Å². The molecular weight excluding hydrogens is 403 g/mol. The van der Waals surface area contributed by atoms with E-state index in [-0.39, 0.29) is 30.5 Å². The van der Waals surface area contributed by atoms with E-state index in [2.05, 4.69) is 29.4 Å². The molecule has 0 aromatic carbocycles. The maximum absolute atomic E-state index is 10.7. The lowest BCUT2D eigenvalue weighted by Crippen LogP contribution is -2.39. The van der Waals surface area contributed by atoms with Crippen LogP contribution in [0.2, 0.25) is 0 Å². The van der Waals surface area contributed by atoms with Gasteiger partial charge in [0.2, 0.25) is 0 Å². The number of carbonyl (C=O) groups is 1. The second-order valence-corrected chi connectivity index (χ2v) is 9.16. The van der Waals surface area contributed by atoms with E-state index in [1.165, 1.54) is 12.8 Å². The molecule has 1 heterocycles. The Morgan fingerprint density at radius 1 is 1.27 bits per heavy atom. The molecule has 1 saturated carbocycles. The fourth-order valence-corrected chi connectivity index (χ4v) is 5.34. The van der Waals surface area contributed by atoms with E-state index in [4.69, 9.17) is 19.1 Å². The lowest BCUT2D eigenvalue weighted by atomic mass is 9.82. The molecule has 0 radical (unpaired) electrons. The summed E-state index contributed by atoms with van der Waals surface area (Å²) in [6, 6.07) is 0. The minimum absolute atomic E-state index is 0.0137. The third-order valence-corrected chi connectivity index (χ3v) is 7.20. The third kappa shape index (κ3) is 7.27. The van der Waals surface area contributed by atoms with Crippen LogP contribution in [0.5, 0.6) is 0 Å². The molecule has 6 nitrogen and oxygen atoms in total. The van der Waals surface area contributed by atoms with Gasteiger partial charge in [0.25, 0.3) is 0 Å². The molecule has 30 heavy (non-hydrogen) atoms. The molecule has 7 heteroatoms. The quantitative estimate of drug-likeness (QED) is 0.229. The van der Waals surface area contributed by atoms with Crippen molar-refractivity contribution in [3.05, 3.63) is 12.2 Å². The van der Waals surface area contributed by atoms with E-state index >= 15 is 0 Å². The molecule has 6 atom stereocenters. The van der Waals surface area contributed by atoms with Crippen LogP contribution in [0.15, 0.2) is 12.2 Å². The largest absolute Gasteiger partial charge is 0.481 e. The number of carboxylic acids is 1. The van der Waals surface area contributed by atoms with Gasteiger partial charge in [0.1, 0.15) is 0 Å². The molecule has 1 aliphatic carbocycles. The molecule has 1 saturated heterocycles. The molecule has 2 aliphatic rings. The van der Waals surface area contributed by atoms with Crippen LogP contribution < -0.4 is 0 Å². The number of allylic oxidation sites excluding steroid dienone is 2. The van der Waals surface area contributed by atoms with E-state index in [1.54, 1.807) is 0 Å². The summed E-state index contributed by atoms with van der Waals surface area (Å²) in [6.45, 7) is 5.73. The summed E-state index contributed by atoms with van der Waals surface area (Å²) < 4.78 is 17.9. The summed E-state index contributed by atoms with van der Waals surface area (Å²) in [5, 5.41) is 19.4. The SMILES string of the molecule is CCCCC(C)C1(CCC2C(OP)CC(O)C2C/C=C/CCCC(=O)O)OCCO1. The van der Waals surface area contributed by atoms with Crippen molar-refractivity contribution in [3.8, 4) is 0 Å². The third-order valence-electron chi connectivity index (χ3n) is 6.85. The fraction of sp³-hybridized carbons (Fsp3) is 0.870. The molecule has 174 valence electrons. The zero-order valence-corrected chi connectivity index (χ0v) is 19.8. The van der Waals surface area contributed by atoms with Gasteiger partial charge in [-0.2, -0.15) is 0 Å². The van der Waals surface area contributed by atoms with E-state index in [1.807, 2.05) is 6.08 Å². The summed E-state index contributed by atoms with van der Waals surface area (Å²) >= 11 is 0. The van der Waals surface area contributed by atoms with Crippen molar-refractivity contribution in [1.29, 1.82) is 0 Å². The molecule has 0 aromatic heterocycles. The summed E-state index contributed by atoms with van der Waals surface area (Å²) in [7, 11) is 2.37. The minimum Gasteiger partial charge on any atom is -0.481 e. The molecular formula is C23H41O6P. The van der Waals surface area contributed by atoms with Crippen LogP contribution in [0.1, 0.15) is 78.1 Å². The number of aliphatic hydroxyl groups excluding tert-OH is 1. The van der Waals surface area contributed by atoms with Gasteiger partial charge in [-0.05, 0) is 43.9 Å². The van der Waals surface area contributed by atoms with Crippen molar-refractivity contribution >= 4 is 15.4 Å². The Morgan fingerprint density at radius 3 is 2.63 bits per heavy atom. The van der Waals surface area contributed by atoms with E-state index in [0.717, 1.165) is 32.1 Å². The second-order valence-electron chi connectivity index (χ2n) is 8.89. The zero-order chi connectivity index (χ0) is 22.0. The van der Waals surface area contributed by atoms with Crippen LogP contribution in [-0.2, 0) is 18.8 Å². The predicted molar refractivity (Wildman–Crippen MR) is 120 cm³/mol. The lowest BCUT2D eigenvalue weighted by molar-refractivity contribution is -0.201. The van der Waals surface area contributed by atoms with Crippen molar-refractivity contribution in [2.75, 3.05) is 13.2 Å². The summed E-state index contributed by atoms with van der Waals surface area (Å²) in [5.74, 6) is -0.548. The van der Waals surface area contributed by atoms with Gasteiger partial charge in [-0.1, -0.05) is 38.8 Å². The number of unbranched alkanes of at least 4 members (excludes halogenated alkanes) is 2. The lowest BCUT2D eigenvalue weighted by Gasteiger charge is -2.36. The Hall–Kier alpha value is -0.520. The van der Waals surface area contributed by atoms with Crippen LogP contribution in [0.3, 0.4) is 0 Å². The number of ether oxygens (including phenoxy) is 2. The Morgan fingerprint density at radius 2 is 2.00 bits per heavy atom. The standard InChI is InChI=1S/C23H41O6P/c1-3-4-9-17(2)23(27-14-15-28-23)13-12-19-18(20(24)16-21(19)29-30)10-7-5-6-8-11-22(25)26/h5,7,17-21,24H,3-4,6,8-16,30H2,1-2H3,(H,25,26)/b7-5+. The average molecular weight is 445 g/mol. The first kappa shape index (κ1) is 25.7. The second kappa shape index (κ2) is 13.1. The normalized spacial score (nSPS) is 29.6. The highest BCUT2D eigenvalue weighted by molar-refractivity contribution is 7.09. The zero-order valence-electron chi connectivity index (χ0n) is 18.6. The number of carboxylic acid groups (broad SMARTS) is 1. The van der Waals surface area contributed by atoms with Gasteiger partial charge in [-0.3, -0.25) is 4.79 Å². The van der Waals surface area contributed by atoms with Crippen LogP contribution in [0, 0.1) is 17.8 Å². The first-order chi connectivity index (χ1) is 14.4. The van der Waals surface area contributed by atoms with Gasteiger partial charge in [-0.25, -0.2) is 0 Å². The molecule has 1 aliphatic heterocycles. The van der Waals surface area contributed by atoms with Gasteiger partial charge in [0.05, 0.1) is 25.4 Å². The van der Waals surface area contributed by atoms with Crippen molar-refractivity contribution in [2.45, 2.75) is 96.1 Å². The summed E-state index contributed by atoms with van der Waals surface area (Å²) in [6.07, 6.45) is 11.9. The molecule has 0 aromatic rings. The molecule has 0 bridgehead atoms.